The van der Waals surface area contributed by atoms with Crippen LogP contribution in [0.2, 0.25) is 0 Å². The molecular weight excluding hydrogens is 548 g/mol. The Morgan fingerprint density at radius 1 is 0.780 bits per heavy atom. The third-order valence-corrected chi connectivity index (χ3v) is 9.93. The van der Waals surface area contributed by atoms with Crippen LogP contribution in [0.5, 0.6) is 0 Å². The fraction of sp³-hybridized carbons (Fsp3) is 1.00. The number of ether oxygens (including phenoxy) is 4. The molecule has 0 bridgehead atoms. The van der Waals surface area contributed by atoms with Crippen molar-refractivity contribution in [3.63, 3.8) is 0 Å². The number of hydrogen-bond donors (Lipinski definition) is 10. The van der Waals surface area contributed by atoms with Crippen LogP contribution >= 0.6 is 0 Å². The molecule has 240 valence electrons. The molecule has 10 N–H and O–H groups in total. The van der Waals surface area contributed by atoms with Gasteiger partial charge in [0.2, 0.25) is 0 Å². The molecule has 4 fully saturated rings. The Bertz CT molecular complexity index is 881. The molecule has 0 aromatic heterocycles. The van der Waals surface area contributed by atoms with Gasteiger partial charge in [-0.15, -0.1) is 0 Å². The van der Waals surface area contributed by atoms with Crippen LogP contribution < -0.4 is 0 Å². The number of rotatable bonds is 7. The molecule has 4 aliphatic rings. The van der Waals surface area contributed by atoms with Gasteiger partial charge in [-0.05, 0) is 46.5 Å². The van der Waals surface area contributed by atoms with Gasteiger partial charge in [0.1, 0.15) is 48.8 Å². The fourth-order valence-corrected chi connectivity index (χ4v) is 7.39. The maximum Gasteiger partial charge on any atom is 0.186 e. The largest absolute Gasteiger partial charge is 0.394 e. The zero-order chi connectivity index (χ0) is 30.7. The van der Waals surface area contributed by atoms with Crippen LogP contribution in [0.4, 0.5) is 0 Å². The topological polar surface area (TPSA) is 239 Å². The quantitative estimate of drug-likeness (QED) is 0.139. The molecule has 41 heavy (non-hydrogen) atoms. The van der Waals surface area contributed by atoms with Gasteiger partial charge in [-0.2, -0.15) is 0 Å². The molecule has 2 saturated carbocycles. The van der Waals surface area contributed by atoms with E-state index in [-0.39, 0.29) is 6.42 Å². The lowest BCUT2D eigenvalue weighted by Crippen LogP contribution is -2.67. The summed E-state index contributed by atoms with van der Waals surface area (Å²) in [6.07, 6.45) is -15.9. The average molecular weight is 597 g/mol. The van der Waals surface area contributed by atoms with E-state index in [1.165, 1.54) is 0 Å². The van der Waals surface area contributed by atoms with Gasteiger partial charge >= 0.3 is 0 Å². The zero-order valence-electron chi connectivity index (χ0n) is 23.9. The molecule has 0 radical (unpaired) electrons. The van der Waals surface area contributed by atoms with Crippen LogP contribution in [0.25, 0.3) is 0 Å². The number of aliphatic hydroxyl groups is 10. The van der Waals surface area contributed by atoms with Crippen LogP contribution in [0, 0.1) is 17.3 Å². The molecule has 2 heterocycles. The van der Waals surface area contributed by atoms with Crippen LogP contribution in [0.15, 0.2) is 0 Å². The predicted octanol–water partition coefficient (Wildman–Crippen LogP) is -3.30. The molecule has 14 nitrogen and oxygen atoms in total. The summed E-state index contributed by atoms with van der Waals surface area (Å²) in [5.74, 6) is -1.24. The predicted molar refractivity (Wildman–Crippen MR) is 138 cm³/mol. The minimum absolute atomic E-state index is 0.276. The van der Waals surface area contributed by atoms with E-state index in [2.05, 4.69) is 0 Å². The normalized spacial score (nSPS) is 53.1. The summed E-state index contributed by atoms with van der Waals surface area (Å²) in [5, 5.41) is 105. The molecule has 0 spiro atoms. The molecule has 2 aliphatic carbocycles. The standard InChI is InChI=1S/C27H48O14/c1-25(2,36)11-5-7-26(3)14(29)6-8-27(4,37)22(26)21(11)41-24-20(35)18(33)16(31)13(40-24)10-38-23-19(34)17(32)15(30)12(9-28)39-23/h11-24,28-37H,5-10H2,1-4H3/t11-,12-,13-,14+,15-,16-,17+,18+,19-,20-,21?,22?,23+,24+,26-,27-/m1/s1. The lowest BCUT2D eigenvalue weighted by atomic mass is 9.50. The summed E-state index contributed by atoms with van der Waals surface area (Å²) in [5.41, 5.74) is -3.36. The molecule has 0 amide bonds. The molecule has 0 aromatic carbocycles. The Kier molecular flexibility index (Phi) is 9.83. The lowest BCUT2D eigenvalue weighted by Gasteiger charge is -2.61. The van der Waals surface area contributed by atoms with Crippen molar-refractivity contribution in [3.8, 4) is 0 Å². The number of aliphatic hydroxyl groups excluding tert-OH is 8. The van der Waals surface area contributed by atoms with Gasteiger partial charge in [0.25, 0.3) is 0 Å². The first-order valence-electron chi connectivity index (χ1n) is 14.3. The van der Waals surface area contributed by atoms with E-state index in [0.717, 1.165) is 0 Å². The average Bonchev–Trinajstić information content (AvgIpc) is 2.89. The first-order valence-corrected chi connectivity index (χ1v) is 14.3. The van der Waals surface area contributed by atoms with Crippen LogP contribution in [-0.4, -0.2) is 149 Å². The lowest BCUT2D eigenvalue weighted by molar-refractivity contribution is -0.353. The summed E-state index contributed by atoms with van der Waals surface area (Å²) >= 11 is 0. The van der Waals surface area contributed by atoms with Crippen molar-refractivity contribution in [2.75, 3.05) is 13.2 Å². The summed E-state index contributed by atoms with van der Waals surface area (Å²) in [7, 11) is 0. The molecule has 4 rings (SSSR count). The van der Waals surface area contributed by atoms with E-state index >= 15 is 0 Å². The van der Waals surface area contributed by atoms with Crippen LogP contribution in [0.1, 0.15) is 53.4 Å². The minimum atomic E-state index is -1.76. The Morgan fingerprint density at radius 2 is 1.34 bits per heavy atom. The Hall–Kier alpha value is -0.560. The second kappa shape index (κ2) is 12.1. The summed E-state index contributed by atoms with van der Waals surface area (Å²) in [4.78, 5) is 0. The van der Waals surface area contributed by atoms with Gasteiger partial charge in [-0.25, -0.2) is 0 Å². The van der Waals surface area contributed by atoms with Crippen LogP contribution in [-0.2, 0) is 18.9 Å². The highest BCUT2D eigenvalue weighted by Gasteiger charge is 2.62. The number of fused-ring (bicyclic) bond motifs is 1. The highest BCUT2D eigenvalue weighted by atomic mass is 16.7. The van der Waals surface area contributed by atoms with E-state index in [1.807, 2.05) is 6.92 Å². The van der Waals surface area contributed by atoms with E-state index in [1.54, 1.807) is 20.8 Å². The highest BCUT2D eigenvalue weighted by molar-refractivity contribution is 5.11. The van der Waals surface area contributed by atoms with E-state index in [4.69, 9.17) is 18.9 Å². The second-order valence-corrected chi connectivity index (χ2v) is 13.3. The van der Waals surface area contributed by atoms with Crippen molar-refractivity contribution in [2.45, 2.75) is 138 Å². The Labute approximate surface area is 239 Å². The molecule has 14 heteroatoms. The minimum Gasteiger partial charge on any atom is -0.394 e. The summed E-state index contributed by atoms with van der Waals surface area (Å²) < 4.78 is 23.0. The highest BCUT2D eigenvalue weighted by Crippen LogP contribution is 2.58. The Morgan fingerprint density at radius 3 is 1.93 bits per heavy atom. The molecule has 0 aromatic rings. The van der Waals surface area contributed by atoms with Crippen LogP contribution in [0.3, 0.4) is 0 Å². The van der Waals surface area contributed by atoms with Gasteiger partial charge in [0.15, 0.2) is 12.6 Å². The van der Waals surface area contributed by atoms with Crippen molar-refractivity contribution in [2.24, 2.45) is 17.3 Å². The molecule has 16 atom stereocenters. The SMILES string of the molecule is CC(C)(O)[C@@H]1CC[C@@]2(C)C(C1O[C@@H]1O[C@H](CO[C@H]3O[C@H](CO)[C@@H](O)[C@H](O)[C@H]3O)[C@@H](O)[C@H](O)[C@H]1O)[C@](C)(O)CC[C@@H]2O. The first kappa shape index (κ1) is 33.3. The van der Waals surface area contributed by atoms with Gasteiger partial charge in [-0.1, -0.05) is 6.92 Å². The summed E-state index contributed by atoms with van der Waals surface area (Å²) in [6.45, 7) is 5.54. The van der Waals surface area contributed by atoms with Gasteiger partial charge in [-0.3, -0.25) is 0 Å². The first-order chi connectivity index (χ1) is 18.9. The van der Waals surface area contributed by atoms with Crippen molar-refractivity contribution >= 4 is 0 Å². The van der Waals surface area contributed by atoms with E-state index < -0.39 is 115 Å². The fourth-order valence-electron chi connectivity index (χ4n) is 7.39. The smallest absolute Gasteiger partial charge is 0.186 e. The van der Waals surface area contributed by atoms with Crippen molar-refractivity contribution in [3.05, 3.63) is 0 Å². The second-order valence-electron chi connectivity index (χ2n) is 13.3. The molecule has 2 saturated heterocycles. The van der Waals surface area contributed by atoms with E-state index in [9.17, 15) is 51.1 Å². The molecule has 2 unspecified atom stereocenters. The monoisotopic (exact) mass is 596 g/mol. The zero-order valence-corrected chi connectivity index (χ0v) is 23.9. The Balaban J connectivity index is 1.55. The third-order valence-electron chi connectivity index (χ3n) is 9.93. The number of hydrogen-bond acceptors (Lipinski definition) is 14. The summed E-state index contributed by atoms with van der Waals surface area (Å²) in [6, 6.07) is 0. The van der Waals surface area contributed by atoms with Gasteiger partial charge < -0.3 is 70.0 Å². The van der Waals surface area contributed by atoms with Gasteiger partial charge in [0, 0.05) is 17.3 Å². The van der Waals surface area contributed by atoms with Gasteiger partial charge in [0.05, 0.1) is 36.6 Å². The third kappa shape index (κ3) is 6.20. The van der Waals surface area contributed by atoms with Crippen molar-refractivity contribution < 1.29 is 70.0 Å². The molecular formula is C27H48O14. The van der Waals surface area contributed by atoms with Crippen molar-refractivity contribution in [1.29, 1.82) is 0 Å². The molecule has 2 aliphatic heterocycles. The maximum atomic E-state index is 11.5. The van der Waals surface area contributed by atoms with Crippen molar-refractivity contribution in [1.82, 2.24) is 0 Å². The maximum absolute atomic E-state index is 11.5. The van der Waals surface area contributed by atoms with E-state index in [0.29, 0.717) is 19.3 Å².